The van der Waals surface area contributed by atoms with Gasteiger partial charge in [0.1, 0.15) is 11.4 Å². The molecular formula is C14H19N3O. The van der Waals surface area contributed by atoms with Gasteiger partial charge < -0.3 is 10.1 Å². The second-order valence-electron chi connectivity index (χ2n) is 4.48. The minimum absolute atomic E-state index is 0.878. The minimum atomic E-state index is 0.878. The summed E-state index contributed by atoms with van der Waals surface area (Å²) in [5.41, 5.74) is 6.27. The van der Waals surface area contributed by atoms with Crippen molar-refractivity contribution < 1.29 is 4.74 Å². The maximum Gasteiger partial charge on any atom is 0.131 e. The van der Waals surface area contributed by atoms with Gasteiger partial charge in [-0.25, -0.2) is 0 Å². The molecule has 4 nitrogen and oxygen atoms in total. The van der Waals surface area contributed by atoms with Gasteiger partial charge in [0.2, 0.25) is 0 Å². The highest BCUT2D eigenvalue weighted by molar-refractivity contribution is 5.81. The van der Waals surface area contributed by atoms with E-state index in [1.807, 2.05) is 20.9 Å². The van der Waals surface area contributed by atoms with E-state index in [4.69, 9.17) is 4.74 Å². The zero-order chi connectivity index (χ0) is 13.3. The Hall–Kier alpha value is -1.97. The lowest BCUT2D eigenvalue weighted by Gasteiger charge is -2.12. The van der Waals surface area contributed by atoms with Crippen LogP contribution in [0.1, 0.15) is 16.8 Å². The Labute approximate surface area is 107 Å². The average molecular weight is 245 g/mol. The predicted octanol–water partition coefficient (Wildman–Crippen LogP) is 3.05. The lowest BCUT2D eigenvalue weighted by Crippen LogP contribution is -1.96. The van der Waals surface area contributed by atoms with Crippen LogP contribution >= 0.6 is 0 Å². The predicted molar refractivity (Wildman–Crippen MR) is 74.3 cm³/mol. The number of benzene rings is 1. The second kappa shape index (κ2) is 4.72. The molecule has 0 aliphatic rings. The number of hydrogen-bond acceptors (Lipinski definition) is 3. The Morgan fingerprint density at radius 1 is 1.22 bits per heavy atom. The van der Waals surface area contributed by atoms with E-state index in [9.17, 15) is 0 Å². The molecule has 1 aromatic carbocycles. The molecule has 18 heavy (non-hydrogen) atoms. The van der Waals surface area contributed by atoms with Crippen molar-refractivity contribution in [3.05, 3.63) is 29.0 Å². The van der Waals surface area contributed by atoms with Crippen molar-refractivity contribution >= 4 is 5.69 Å². The summed E-state index contributed by atoms with van der Waals surface area (Å²) in [6.45, 7) is 6.12. The monoisotopic (exact) mass is 245 g/mol. The molecule has 0 bridgehead atoms. The molecule has 96 valence electrons. The SMILES string of the molecule is CNc1c(-c2cc(C)cc(C)c2OC)n[nH]c1C. The van der Waals surface area contributed by atoms with Crippen LogP contribution in [0.5, 0.6) is 5.75 Å². The summed E-state index contributed by atoms with van der Waals surface area (Å²) in [5, 5.41) is 10.6. The molecule has 0 radical (unpaired) electrons. The van der Waals surface area contributed by atoms with Gasteiger partial charge in [0.15, 0.2) is 0 Å². The summed E-state index contributed by atoms with van der Waals surface area (Å²) in [6, 6.07) is 4.21. The first kappa shape index (κ1) is 12.5. The second-order valence-corrected chi connectivity index (χ2v) is 4.48. The summed E-state index contributed by atoms with van der Waals surface area (Å²) < 4.78 is 5.51. The van der Waals surface area contributed by atoms with Crippen molar-refractivity contribution in [2.45, 2.75) is 20.8 Å². The molecule has 2 N–H and O–H groups in total. The van der Waals surface area contributed by atoms with E-state index in [0.29, 0.717) is 0 Å². The highest BCUT2D eigenvalue weighted by atomic mass is 16.5. The number of rotatable bonds is 3. The zero-order valence-corrected chi connectivity index (χ0v) is 11.5. The van der Waals surface area contributed by atoms with Gasteiger partial charge in [-0.05, 0) is 38.0 Å². The van der Waals surface area contributed by atoms with E-state index in [1.54, 1.807) is 7.11 Å². The van der Waals surface area contributed by atoms with E-state index < -0.39 is 0 Å². The molecule has 0 fully saturated rings. The van der Waals surface area contributed by atoms with Crippen LogP contribution in [0.4, 0.5) is 5.69 Å². The van der Waals surface area contributed by atoms with Crippen molar-refractivity contribution in [1.29, 1.82) is 0 Å². The smallest absolute Gasteiger partial charge is 0.131 e. The summed E-state index contributed by atoms with van der Waals surface area (Å²) in [5.74, 6) is 0.878. The molecule has 0 saturated carbocycles. The number of aromatic amines is 1. The van der Waals surface area contributed by atoms with Gasteiger partial charge >= 0.3 is 0 Å². The number of methoxy groups -OCH3 is 1. The molecule has 2 rings (SSSR count). The van der Waals surface area contributed by atoms with Crippen LogP contribution in [0.3, 0.4) is 0 Å². The van der Waals surface area contributed by atoms with Crippen molar-refractivity contribution in [1.82, 2.24) is 10.2 Å². The van der Waals surface area contributed by atoms with Gasteiger partial charge in [-0.2, -0.15) is 5.10 Å². The fourth-order valence-corrected chi connectivity index (χ4v) is 2.33. The molecule has 0 aliphatic heterocycles. The van der Waals surface area contributed by atoms with E-state index in [-0.39, 0.29) is 0 Å². The Morgan fingerprint density at radius 2 is 1.94 bits per heavy atom. The third-order valence-electron chi connectivity index (χ3n) is 3.08. The normalized spacial score (nSPS) is 10.5. The first-order chi connectivity index (χ1) is 8.58. The Bertz CT molecular complexity index is 573. The number of hydrogen-bond donors (Lipinski definition) is 2. The van der Waals surface area contributed by atoms with Crippen molar-refractivity contribution in [3.63, 3.8) is 0 Å². The Kier molecular flexibility index (Phi) is 3.28. The molecule has 0 unspecified atom stereocenters. The summed E-state index contributed by atoms with van der Waals surface area (Å²) >= 11 is 0. The first-order valence-electron chi connectivity index (χ1n) is 5.96. The molecule has 0 aliphatic carbocycles. The lowest BCUT2D eigenvalue weighted by atomic mass is 10.0. The molecule has 0 atom stereocenters. The molecule has 0 saturated heterocycles. The van der Waals surface area contributed by atoms with Gasteiger partial charge in [-0.1, -0.05) is 6.07 Å². The van der Waals surface area contributed by atoms with Gasteiger partial charge in [-0.15, -0.1) is 0 Å². The number of aromatic nitrogens is 2. The van der Waals surface area contributed by atoms with Gasteiger partial charge in [0, 0.05) is 12.6 Å². The number of anilines is 1. The number of ether oxygens (including phenoxy) is 1. The van der Waals surface area contributed by atoms with Crippen LogP contribution in [0, 0.1) is 20.8 Å². The van der Waals surface area contributed by atoms with Crippen LogP contribution in [-0.2, 0) is 0 Å². The molecule has 1 heterocycles. The summed E-state index contributed by atoms with van der Waals surface area (Å²) in [6.07, 6.45) is 0. The highest BCUT2D eigenvalue weighted by Gasteiger charge is 2.17. The molecule has 0 spiro atoms. The third-order valence-corrected chi connectivity index (χ3v) is 3.08. The first-order valence-corrected chi connectivity index (χ1v) is 5.96. The largest absolute Gasteiger partial charge is 0.496 e. The van der Waals surface area contributed by atoms with E-state index in [0.717, 1.165) is 34.0 Å². The quantitative estimate of drug-likeness (QED) is 0.873. The van der Waals surface area contributed by atoms with Crippen molar-refractivity contribution in [2.24, 2.45) is 0 Å². The topological polar surface area (TPSA) is 49.9 Å². The molecular weight excluding hydrogens is 226 g/mol. The van der Waals surface area contributed by atoms with Gasteiger partial charge in [-0.3, -0.25) is 5.10 Å². The molecule has 2 aromatic rings. The molecule has 0 amide bonds. The van der Waals surface area contributed by atoms with Crippen LogP contribution < -0.4 is 10.1 Å². The van der Waals surface area contributed by atoms with Crippen molar-refractivity contribution in [3.8, 4) is 17.0 Å². The maximum absolute atomic E-state index is 5.51. The van der Waals surface area contributed by atoms with Crippen molar-refractivity contribution in [2.75, 3.05) is 19.5 Å². The van der Waals surface area contributed by atoms with Crippen LogP contribution in [-0.4, -0.2) is 24.4 Å². The third kappa shape index (κ3) is 1.94. The number of H-pyrrole nitrogens is 1. The average Bonchev–Trinajstić information content (AvgIpc) is 2.69. The lowest BCUT2D eigenvalue weighted by molar-refractivity contribution is 0.413. The Balaban J connectivity index is 2.69. The highest BCUT2D eigenvalue weighted by Crippen LogP contribution is 2.37. The zero-order valence-electron chi connectivity index (χ0n) is 11.5. The van der Waals surface area contributed by atoms with E-state index in [1.165, 1.54) is 5.56 Å². The van der Waals surface area contributed by atoms with Crippen LogP contribution in [0.25, 0.3) is 11.3 Å². The van der Waals surface area contributed by atoms with Crippen LogP contribution in [0.2, 0.25) is 0 Å². The summed E-state index contributed by atoms with van der Waals surface area (Å²) in [4.78, 5) is 0. The Morgan fingerprint density at radius 3 is 2.56 bits per heavy atom. The van der Waals surface area contributed by atoms with E-state index in [2.05, 4.69) is 34.6 Å². The van der Waals surface area contributed by atoms with Gasteiger partial charge in [0.05, 0.1) is 18.5 Å². The number of nitrogens with zero attached hydrogens (tertiary/aromatic N) is 1. The standard InChI is InChI=1S/C14H19N3O/c1-8-6-9(2)14(18-5)11(7-8)13-12(15-4)10(3)16-17-13/h6-7,15H,1-5H3,(H,16,17). The fraction of sp³-hybridized carbons (Fsp3) is 0.357. The molecule has 4 heteroatoms. The van der Waals surface area contributed by atoms with E-state index >= 15 is 0 Å². The number of nitrogens with one attached hydrogen (secondary N) is 2. The van der Waals surface area contributed by atoms with Gasteiger partial charge in [0.25, 0.3) is 0 Å². The summed E-state index contributed by atoms with van der Waals surface area (Å²) in [7, 11) is 3.59. The maximum atomic E-state index is 5.51. The molecule has 1 aromatic heterocycles. The van der Waals surface area contributed by atoms with Crippen LogP contribution in [0.15, 0.2) is 12.1 Å². The number of aryl methyl sites for hydroxylation is 3. The minimum Gasteiger partial charge on any atom is -0.496 e. The fourth-order valence-electron chi connectivity index (χ4n) is 2.33.